The second kappa shape index (κ2) is 7.54. The van der Waals surface area contributed by atoms with Crippen molar-refractivity contribution in [3.8, 4) is 0 Å². The predicted octanol–water partition coefficient (Wildman–Crippen LogP) is 1.54. The fourth-order valence-corrected chi connectivity index (χ4v) is 4.02. The lowest BCUT2D eigenvalue weighted by molar-refractivity contribution is 0.0999. The van der Waals surface area contributed by atoms with Crippen molar-refractivity contribution in [1.29, 1.82) is 0 Å². The Hall–Kier alpha value is 0.230. The van der Waals surface area contributed by atoms with Crippen molar-refractivity contribution in [2.75, 3.05) is 25.4 Å². The first-order valence-corrected chi connectivity index (χ1v) is 7.33. The van der Waals surface area contributed by atoms with E-state index in [9.17, 15) is 5.11 Å². The monoisotopic (exact) mass is 249 g/mol. The van der Waals surface area contributed by atoms with Crippen molar-refractivity contribution < 1.29 is 10.6 Å². The van der Waals surface area contributed by atoms with E-state index < -0.39 is 0 Å². The fraction of sp³-hybridized carbons (Fsp3) is 1.00. The maximum Gasteiger partial charge on any atom is 0.0615 e. The number of rotatable bonds is 3. The summed E-state index contributed by atoms with van der Waals surface area (Å²) in [5.74, 6) is 1.21. The molecule has 0 aromatic heterocycles. The van der Waals surface area contributed by atoms with E-state index in [4.69, 9.17) is 0 Å². The topological polar surface area (TPSA) is 55.0 Å². The lowest BCUT2D eigenvalue weighted by atomic mass is 9.95. The molecule has 0 aromatic rings. The number of hydrogen-bond donors (Lipinski definition) is 1. The van der Waals surface area contributed by atoms with Crippen LogP contribution in [0.15, 0.2) is 0 Å². The van der Waals surface area contributed by atoms with Gasteiger partial charge in [-0.05, 0) is 31.6 Å². The first kappa shape index (κ1) is 16.2. The van der Waals surface area contributed by atoms with E-state index in [0.717, 1.165) is 5.25 Å². The third kappa shape index (κ3) is 3.13. The molecule has 0 unspecified atom stereocenters. The van der Waals surface area contributed by atoms with Gasteiger partial charge in [0.1, 0.15) is 0 Å². The van der Waals surface area contributed by atoms with Gasteiger partial charge in [-0.25, -0.2) is 0 Å². The highest BCUT2D eigenvalue weighted by Gasteiger charge is 2.47. The molecule has 0 amide bonds. The summed E-state index contributed by atoms with van der Waals surface area (Å²) in [5, 5.41) is 10.2. The van der Waals surface area contributed by atoms with Crippen molar-refractivity contribution >= 4 is 11.8 Å². The Labute approximate surface area is 104 Å². The number of nitrogens with zero attached hydrogens (tertiary/aromatic N) is 1. The summed E-state index contributed by atoms with van der Waals surface area (Å²) in [6.07, 6.45) is 3.70. The van der Waals surface area contributed by atoms with Crippen LogP contribution in [0.2, 0.25) is 0 Å². The minimum Gasteiger partial charge on any atom is -0.412 e. The molecule has 2 fully saturated rings. The van der Waals surface area contributed by atoms with Gasteiger partial charge in [0.05, 0.1) is 6.61 Å². The number of aliphatic hydroxyl groups excluding tert-OH is 1. The lowest BCUT2D eigenvalue weighted by Crippen LogP contribution is -2.41. The smallest absolute Gasteiger partial charge is 0.0615 e. The van der Waals surface area contributed by atoms with Gasteiger partial charge in [0.2, 0.25) is 0 Å². The number of aliphatic hydroxyl groups is 1. The molecule has 2 aliphatic heterocycles. The van der Waals surface area contributed by atoms with Crippen LogP contribution in [-0.4, -0.2) is 51.7 Å². The molecule has 0 spiro atoms. The molecule has 98 valence electrons. The van der Waals surface area contributed by atoms with Gasteiger partial charge < -0.3 is 10.6 Å². The zero-order valence-electron chi connectivity index (χ0n) is 10.8. The summed E-state index contributed by atoms with van der Waals surface area (Å²) in [6, 6.07) is 0. The number of fused-ring (bicyclic) bond motifs is 1. The van der Waals surface area contributed by atoms with Gasteiger partial charge in [0.15, 0.2) is 0 Å². The van der Waals surface area contributed by atoms with E-state index in [0.29, 0.717) is 6.61 Å². The summed E-state index contributed by atoms with van der Waals surface area (Å²) in [4.78, 5) is 2.51. The van der Waals surface area contributed by atoms with Crippen LogP contribution in [0.3, 0.4) is 0 Å². The normalized spacial score (nSPS) is 32.6. The molecule has 2 aliphatic rings. The number of hydrogen-bond acceptors (Lipinski definition) is 3. The highest BCUT2D eigenvalue weighted by molar-refractivity contribution is 7.99. The van der Waals surface area contributed by atoms with Crippen molar-refractivity contribution in [2.45, 2.75) is 50.8 Å². The maximum absolute atomic E-state index is 9.46. The first-order valence-electron chi connectivity index (χ1n) is 6.28. The highest BCUT2D eigenvalue weighted by Crippen LogP contribution is 2.42. The highest BCUT2D eigenvalue weighted by atomic mass is 32.2. The van der Waals surface area contributed by atoms with Gasteiger partial charge in [-0.1, -0.05) is 20.8 Å². The molecule has 4 heteroatoms. The molecule has 0 aromatic carbocycles. The molecular formula is C12H27NO2S. The van der Waals surface area contributed by atoms with Gasteiger partial charge in [0, 0.05) is 17.3 Å². The van der Waals surface area contributed by atoms with Crippen LogP contribution in [-0.2, 0) is 0 Å². The largest absolute Gasteiger partial charge is 0.412 e. The Kier molecular flexibility index (Phi) is 7.64. The van der Waals surface area contributed by atoms with E-state index in [1.165, 1.54) is 38.1 Å². The summed E-state index contributed by atoms with van der Waals surface area (Å²) in [7, 11) is 0. The van der Waals surface area contributed by atoms with Crippen LogP contribution in [0.5, 0.6) is 0 Å². The number of thioether (sulfide) groups is 1. The molecule has 3 N–H and O–H groups in total. The predicted molar refractivity (Wildman–Crippen MR) is 72.1 cm³/mol. The van der Waals surface area contributed by atoms with E-state index in [1.54, 1.807) is 0 Å². The third-order valence-electron chi connectivity index (χ3n) is 3.47. The molecule has 2 heterocycles. The molecule has 0 radical (unpaired) electrons. The van der Waals surface area contributed by atoms with Gasteiger partial charge in [-0.2, -0.15) is 11.8 Å². The third-order valence-corrected chi connectivity index (χ3v) is 4.59. The molecule has 2 rings (SSSR count). The summed E-state index contributed by atoms with van der Waals surface area (Å²) in [6.45, 7) is 9.01. The molecule has 16 heavy (non-hydrogen) atoms. The summed E-state index contributed by atoms with van der Waals surface area (Å²) < 4.78 is 0. The second-order valence-electron chi connectivity index (χ2n) is 4.21. The Balaban J connectivity index is 0.000000711. The minimum atomic E-state index is 0. The van der Waals surface area contributed by atoms with Crippen LogP contribution >= 0.6 is 11.8 Å². The SMILES string of the molecule is CC.CCS[C@@H]1CN2CCC[C@@]2(CO)C1.O. The van der Waals surface area contributed by atoms with Crippen LogP contribution < -0.4 is 0 Å². The second-order valence-corrected chi connectivity index (χ2v) is 5.79. The molecule has 0 saturated carbocycles. The lowest BCUT2D eigenvalue weighted by Gasteiger charge is -2.29. The molecule has 0 bridgehead atoms. The average Bonchev–Trinajstić information content (AvgIpc) is 2.78. The molecule has 3 nitrogen and oxygen atoms in total. The summed E-state index contributed by atoms with van der Waals surface area (Å²) >= 11 is 2.06. The zero-order chi connectivity index (χ0) is 11.3. The van der Waals surface area contributed by atoms with Crippen molar-refractivity contribution in [3.05, 3.63) is 0 Å². The zero-order valence-corrected chi connectivity index (χ0v) is 11.6. The average molecular weight is 249 g/mol. The van der Waals surface area contributed by atoms with E-state index in [1.807, 2.05) is 13.8 Å². The first-order chi connectivity index (χ1) is 7.30. The van der Waals surface area contributed by atoms with Crippen molar-refractivity contribution in [3.63, 3.8) is 0 Å². The van der Waals surface area contributed by atoms with Crippen LogP contribution in [0.1, 0.15) is 40.0 Å². The quantitative estimate of drug-likeness (QED) is 0.825. The van der Waals surface area contributed by atoms with Crippen molar-refractivity contribution in [1.82, 2.24) is 4.90 Å². The maximum atomic E-state index is 9.46. The Morgan fingerprint density at radius 1 is 1.44 bits per heavy atom. The molecule has 2 atom stereocenters. The summed E-state index contributed by atoms with van der Waals surface area (Å²) in [5.41, 5.74) is 0.187. The fourth-order valence-electron chi connectivity index (χ4n) is 2.84. The van der Waals surface area contributed by atoms with Crippen molar-refractivity contribution in [2.24, 2.45) is 0 Å². The van der Waals surface area contributed by atoms with Gasteiger partial charge >= 0.3 is 0 Å². The van der Waals surface area contributed by atoms with E-state index in [2.05, 4.69) is 23.6 Å². The van der Waals surface area contributed by atoms with Crippen LogP contribution in [0.25, 0.3) is 0 Å². The van der Waals surface area contributed by atoms with Gasteiger partial charge in [0.25, 0.3) is 0 Å². The minimum absolute atomic E-state index is 0. The van der Waals surface area contributed by atoms with Crippen LogP contribution in [0, 0.1) is 0 Å². The Bertz CT molecular complexity index is 192. The van der Waals surface area contributed by atoms with Gasteiger partial charge in [-0.3, -0.25) is 4.90 Å². The molecule has 2 saturated heterocycles. The standard InChI is InChI=1S/C10H19NOS.C2H6.H2O/c1-2-13-9-6-10(8-12)4-3-5-11(10)7-9;1-2;/h9,12H,2-8H2,1H3;1-2H3;1H2/t9-,10-;;/m0../s1. The van der Waals surface area contributed by atoms with Gasteiger partial charge in [-0.15, -0.1) is 0 Å². The van der Waals surface area contributed by atoms with E-state index in [-0.39, 0.29) is 11.0 Å². The molecule has 0 aliphatic carbocycles. The Morgan fingerprint density at radius 2 is 2.12 bits per heavy atom. The Morgan fingerprint density at radius 3 is 2.62 bits per heavy atom. The molecular weight excluding hydrogens is 222 g/mol. The van der Waals surface area contributed by atoms with E-state index >= 15 is 0 Å². The van der Waals surface area contributed by atoms with Crippen LogP contribution in [0.4, 0.5) is 0 Å².